The van der Waals surface area contributed by atoms with E-state index in [4.69, 9.17) is 4.74 Å². The van der Waals surface area contributed by atoms with Gasteiger partial charge in [-0.15, -0.1) is 0 Å². The first-order chi connectivity index (χ1) is 16.1. The fourth-order valence-electron chi connectivity index (χ4n) is 4.57. The van der Waals surface area contributed by atoms with Crippen LogP contribution in [0.3, 0.4) is 0 Å². The van der Waals surface area contributed by atoms with Crippen LogP contribution in [-0.4, -0.2) is 73.7 Å². The summed E-state index contributed by atoms with van der Waals surface area (Å²) in [5.41, 5.74) is 3.22. The van der Waals surface area contributed by atoms with Crippen LogP contribution in [0, 0.1) is 5.82 Å². The van der Waals surface area contributed by atoms with Crippen LogP contribution in [0.1, 0.15) is 10.4 Å². The van der Waals surface area contributed by atoms with E-state index in [-0.39, 0.29) is 11.7 Å². The van der Waals surface area contributed by atoms with E-state index in [0.717, 1.165) is 67.9 Å². The van der Waals surface area contributed by atoms with Crippen LogP contribution in [0.5, 0.6) is 5.75 Å². The number of thioether (sulfide) groups is 1. The van der Waals surface area contributed by atoms with Gasteiger partial charge in [-0.2, -0.15) is 11.8 Å². The van der Waals surface area contributed by atoms with Gasteiger partial charge in [0, 0.05) is 68.0 Å². The second-order valence-electron chi connectivity index (χ2n) is 8.26. The lowest BCUT2D eigenvalue weighted by atomic mass is 10.1. The summed E-state index contributed by atoms with van der Waals surface area (Å²) in [6.45, 7) is 4.54. The summed E-state index contributed by atoms with van der Waals surface area (Å²) in [7, 11) is 1.66. The van der Waals surface area contributed by atoms with Crippen molar-refractivity contribution < 1.29 is 13.9 Å². The largest absolute Gasteiger partial charge is 0.497 e. The minimum atomic E-state index is -0.318. The van der Waals surface area contributed by atoms with E-state index in [1.165, 1.54) is 12.1 Å². The molecule has 1 aromatic heterocycles. The Bertz CT molecular complexity index is 1140. The predicted molar refractivity (Wildman–Crippen MR) is 132 cm³/mol. The normalized spacial score (nSPS) is 16.8. The Kier molecular flexibility index (Phi) is 6.26. The molecule has 2 aliphatic rings. The van der Waals surface area contributed by atoms with Crippen molar-refractivity contribution in [2.45, 2.75) is 0 Å². The molecule has 2 aromatic carbocycles. The quantitative estimate of drug-likeness (QED) is 0.581. The molecule has 2 aliphatic heterocycles. The molecule has 0 unspecified atom stereocenters. The Hall–Kier alpha value is -3.00. The van der Waals surface area contributed by atoms with Gasteiger partial charge in [0.05, 0.1) is 23.9 Å². The maximum Gasteiger partial charge on any atom is 0.257 e. The van der Waals surface area contributed by atoms with Crippen LogP contribution in [-0.2, 0) is 0 Å². The van der Waals surface area contributed by atoms with Gasteiger partial charge < -0.3 is 19.4 Å². The first-order valence-corrected chi connectivity index (χ1v) is 12.4. The van der Waals surface area contributed by atoms with Crippen molar-refractivity contribution in [3.63, 3.8) is 0 Å². The average Bonchev–Trinajstić information content (AvgIpc) is 2.88. The van der Waals surface area contributed by atoms with Gasteiger partial charge in [-0.3, -0.25) is 9.78 Å². The number of hydrogen-bond donors (Lipinski definition) is 0. The number of anilines is 2. The lowest BCUT2D eigenvalue weighted by molar-refractivity contribution is 0.0772. The highest BCUT2D eigenvalue weighted by atomic mass is 32.2. The highest BCUT2D eigenvalue weighted by Gasteiger charge is 2.28. The zero-order chi connectivity index (χ0) is 22.8. The number of pyridine rings is 1. The number of halogens is 1. The number of carbonyl (C=O) groups is 1. The third-order valence-corrected chi connectivity index (χ3v) is 7.31. The van der Waals surface area contributed by atoms with Crippen molar-refractivity contribution in [1.82, 2.24) is 9.88 Å². The van der Waals surface area contributed by atoms with E-state index < -0.39 is 0 Å². The number of ether oxygens (including phenoxy) is 1. The Morgan fingerprint density at radius 1 is 0.970 bits per heavy atom. The molecule has 172 valence electrons. The minimum absolute atomic E-state index is 0.0125. The number of rotatable bonds is 4. The molecule has 0 spiro atoms. The molecule has 0 radical (unpaired) electrons. The monoisotopic (exact) mass is 466 g/mol. The Morgan fingerprint density at radius 3 is 2.36 bits per heavy atom. The van der Waals surface area contributed by atoms with Crippen LogP contribution < -0.4 is 14.5 Å². The van der Waals surface area contributed by atoms with Crippen molar-refractivity contribution >= 4 is 39.9 Å². The second-order valence-corrected chi connectivity index (χ2v) is 9.48. The highest BCUT2D eigenvalue weighted by Crippen LogP contribution is 2.33. The number of piperazine rings is 1. The van der Waals surface area contributed by atoms with Gasteiger partial charge in [-0.25, -0.2) is 4.39 Å². The van der Waals surface area contributed by atoms with Crippen molar-refractivity contribution in [1.29, 1.82) is 0 Å². The lowest BCUT2D eigenvalue weighted by Gasteiger charge is -2.39. The summed E-state index contributed by atoms with van der Waals surface area (Å²) in [5.74, 6) is 2.39. The van der Waals surface area contributed by atoms with Crippen LogP contribution in [0.2, 0.25) is 0 Å². The number of benzene rings is 2. The molecule has 2 saturated heterocycles. The van der Waals surface area contributed by atoms with Gasteiger partial charge in [0.1, 0.15) is 11.6 Å². The number of fused-ring (bicyclic) bond motifs is 1. The summed E-state index contributed by atoms with van der Waals surface area (Å²) in [6, 6.07) is 12.7. The number of methoxy groups -OCH3 is 1. The molecule has 33 heavy (non-hydrogen) atoms. The van der Waals surface area contributed by atoms with E-state index >= 15 is 0 Å². The van der Waals surface area contributed by atoms with E-state index in [1.54, 1.807) is 19.4 Å². The van der Waals surface area contributed by atoms with Gasteiger partial charge in [0.15, 0.2) is 0 Å². The fraction of sp³-hybridized carbons (Fsp3) is 0.360. The van der Waals surface area contributed by atoms with Gasteiger partial charge in [-0.05, 0) is 42.5 Å². The number of nitrogens with zero attached hydrogens (tertiary/aromatic N) is 4. The SMILES string of the molecule is COc1ccc(N2CCN(c3c(C(=O)N4CCSCC4)cnc4ccc(F)cc34)CC2)cc1. The van der Waals surface area contributed by atoms with Gasteiger partial charge >= 0.3 is 0 Å². The predicted octanol–water partition coefficient (Wildman–Crippen LogP) is 3.90. The van der Waals surface area contributed by atoms with Crippen LogP contribution in [0.25, 0.3) is 10.9 Å². The van der Waals surface area contributed by atoms with Gasteiger partial charge in [0.25, 0.3) is 5.91 Å². The zero-order valence-electron chi connectivity index (χ0n) is 18.7. The summed E-state index contributed by atoms with van der Waals surface area (Å²) < 4.78 is 19.5. The van der Waals surface area contributed by atoms with E-state index in [2.05, 4.69) is 26.9 Å². The number of amides is 1. The van der Waals surface area contributed by atoms with Gasteiger partial charge in [-0.1, -0.05) is 0 Å². The molecule has 0 aliphatic carbocycles. The molecule has 0 atom stereocenters. The summed E-state index contributed by atoms with van der Waals surface area (Å²) in [6.07, 6.45) is 1.68. The topological polar surface area (TPSA) is 48.9 Å². The fourth-order valence-corrected chi connectivity index (χ4v) is 5.47. The molecule has 1 amide bonds. The molecule has 3 aromatic rings. The highest BCUT2D eigenvalue weighted by molar-refractivity contribution is 7.99. The van der Waals surface area contributed by atoms with Crippen molar-refractivity contribution in [3.05, 3.63) is 60.0 Å². The van der Waals surface area contributed by atoms with Crippen molar-refractivity contribution in [3.8, 4) is 5.75 Å². The maximum absolute atomic E-state index is 14.3. The molecule has 3 heterocycles. The Morgan fingerprint density at radius 2 is 1.67 bits per heavy atom. The standard InChI is InChI=1S/C25H27FN4O2S/c1-32-20-5-3-19(4-6-20)28-8-10-29(11-9-28)24-21-16-18(26)2-7-23(21)27-17-22(24)25(31)30-12-14-33-15-13-30/h2-7,16-17H,8-15H2,1H3. The second kappa shape index (κ2) is 9.47. The number of carbonyl (C=O) groups excluding carboxylic acids is 1. The lowest BCUT2D eigenvalue weighted by Crippen LogP contribution is -2.47. The zero-order valence-corrected chi connectivity index (χ0v) is 19.5. The molecule has 0 saturated carbocycles. The van der Waals surface area contributed by atoms with E-state index in [9.17, 15) is 9.18 Å². The minimum Gasteiger partial charge on any atom is -0.497 e. The van der Waals surface area contributed by atoms with Crippen LogP contribution >= 0.6 is 11.8 Å². The first-order valence-electron chi connectivity index (χ1n) is 11.2. The molecule has 5 rings (SSSR count). The third-order valence-electron chi connectivity index (χ3n) is 6.36. The van der Waals surface area contributed by atoms with Crippen molar-refractivity contribution in [2.24, 2.45) is 0 Å². The molecule has 6 nitrogen and oxygen atoms in total. The molecule has 0 N–H and O–H groups in total. The number of hydrogen-bond acceptors (Lipinski definition) is 6. The Labute approximate surface area is 197 Å². The number of aromatic nitrogens is 1. The summed E-state index contributed by atoms with van der Waals surface area (Å²) in [4.78, 5) is 24.4. The van der Waals surface area contributed by atoms with E-state index in [1.807, 2.05) is 28.8 Å². The average molecular weight is 467 g/mol. The van der Waals surface area contributed by atoms with Crippen LogP contribution in [0.15, 0.2) is 48.7 Å². The molecule has 0 bridgehead atoms. The molecular weight excluding hydrogens is 439 g/mol. The Balaban J connectivity index is 1.45. The van der Waals surface area contributed by atoms with Crippen molar-refractivity contribution in [2.75, 3.05) is 67.7 Å². The van der Waals surface area contributed by atoms with Gasteiger partial charge in [0.2, 0.25) is 0 Å². The summed E-state index contributed by atoms with van der Waals surface area (Å²) >= 11 is 1.87. The molecular formula is C25H27FN4O2S. The first kappa shape index (κ1) is 21.8. The smallest absolute Gasteiger partial charge is 0.257 e. The summed E-state index contributed by atoms with van der Waals surface area (Å²) in [5, 5.41) is 0.699. The molecule has 2 fully saturated rings. The van der Waals surface area contributed by atoms with E-state index in [0.29, 0.717) is 16.5 Å². The molecule has 8 heteroatoms. The third kappa shape index (κ3) is 4.44. The van der Waals surface area contributed by atoms with Crippen LogP contribution in [0.4, 0.5) is 15.8 Å². The maximum atomic E-state index is 14.3.